The van der Waals surface area contributed by atoms with Gasteiger partial charge in [-0.2, -0.15) is 4.68 Å². The summed E-state index contributed by atoms with van der Waals surface area (Å²) in [7, 11) is 0. The van der Waals surface area contributed by atoms with Crippen LogP contribution >= 0.6 is 0 Å². The Morgan fingerprint density at radius 2 is 2.35 bits per heavy atom. The van der Waals surface area contributed by atoms with E-state index in [1.807, 2.05) is 0 Å². The zero-order chi connectivity index (χ0) is 15.1. The van der Waals surface area contributed by atoms with Crippen LogP contribution in [0, 0.1) is 10.1 Å². The van der Waals surface area contributed by atoms with Gasteiger partial charge in [0.1, 0.15) is 12.6 Å². The molecule has 1 heterocycles. The number of nitrogens with one attached hydrogen (secondary N) is 1. The number of carbonyl (C=O) groups excluding carboxylic acids is 1. The lowest BCUT2D eigenvalue weighted by atomic mass is 10.1. The van der Waals surface area contributed by atoms with Gasteiger partial charge in [-0.1, -0.05) is 6.08 Å². The monoisotopic (exact) mass is 282 g/mol. The summed E-state index contributed by atoms with van der Waals surface area (Å²) in [6, 6.07) is 0.130. The normalized spacial score (nSPS) is 11.6. The molecule has 0 aliphatic carbocycles. The van der Waals surface area contributed by atoms with E-state index in [4.69, 9.17) is 5.11 Å². The summed E-state index contributed by atoms with van der Waals surface area (Å²) in [5.74, 6) is -2.11. The Morgan fingerprint density at radius 3 is 2.85 bits per heavy atom. The summed E-state index contributed by atoms with van der Waals surface area (Å²) >= 11 is 0. The molecule has 1 atom stereocenters. The van der Waals surface area contributed by atoms with Crippen LogP contribution in [0.5, 0.6) is 0 Å². The molecule has 0 saturated carbocycles. The van der Waals surface area contributed by atoms with Crippen molar-refractivity contribution in [1.82, 2.24) is 15.1 Å². The zero-order valence-electron chi connectivity index (χ0n) is 10.6. The molecule has 0 bridgehead atoms. The third-order valence-electron chi connectivity index (χ3n) is 2.41. The Labute approximate surface area is 114 Å². The lowest BCUT2D eigenvalue weighted by Crippen LogP contribution is -2.42. The van der Waals surface area contributed by atoms with Gasteiger partial charge in [0.15, 0.2) is 0 Å². The van der Waals surface area contributed by atoms with E-state index in [2.05, 4.69) is 17.0 Å². The highest BCUT2D eigenvalue weighted by Crippen LogP contribution is 2.05. The molecular weight excluding hydrogens is 268 g/mol. The van der Waals surface area contributed by atoms with Crippen LogP contribution in [0.2, 0.25) is 0 Å². The first-order chi connectivity index (χ1) is 9.43. The van der Waals surface area contributed by atoms with E-state index in [1.54, 1.807) is 6.08 Å². The predicted molar refractivity (Wildman–Crippen MR) is 67.9 cm³/mol. The average Bonchev–Trinajstić information content (AvgIpc) is 2.82. The number of hydrogen-bond donors (Lipinski definition) is 2. The second-order valence-electron chi connectivity index (χ2n) is 3.95. The topological polar surface area (TPSA) is 127 Å². The number of carboxylic acids is 1. The van der Waals surface area contributed by atoms with Crippen molar-refractivity contribution < 1.29 is 19.6 Å². The second kappa shape index (κ2) is 7.02. The molecule has 0 aliphatic heterocycles. The lowest BCUT2D eigenvalue weighted by Gasteiger charge is -2.12. The Hall–Kier alpha value is -2.71. The third-order valence-corrected chi connectivity index (χ3v) is 2.41. The second-order valence-corrected chi connectivity index (χ2v) is 3.95. The molecule has 108 valence electrons. The zero-order valence-corrected chi connectivity index (χ0v) is 10.6. The molecular formula is C11H14N4O5. The highest BCUT2D eigenvalue weighted by molar-refractivity contribution is 5.83. The van der Waals surface area contributed by atoms with Crippen molar-refractivity contribution in [2.24, 2.45) is 0 Å². The highest BCUT2D eigenvalue weighted by atomic mass is 16.6. The Balaban J connectivity index is 2.58. The number of amides is 1. The fraction of sp³-hybridized carbons (Fsp3) is 0.364. The van der Waals surface area contributed by atoms with Crippen molar-refractivity contribution in [1.29, 1.82) is 0 Å². The van der Waals surface area contributed by atoms with Gasteiger partial charge in [-0.05, 0) is 17.8 Å². The molecule has 20 heavy (non-hydrogen) atoms. The van der Waals surface area contributed by atoms with Gasteiger partial charge in [-0.3, -0.25) is 4.79 Å². The van der Waals surface area contributed by atoms with Gasteiger partial charge in [0.05, 0.1) is 17.4 Å². The van der Waals surface area contributed by atoms with Crippen molar-refractivity contribution in [3.63, 3.8) is 0 Å². The van der Waals surface area contributed by atoms with Crippen LogP contribution in [0.1, 0.15) is 12.8 Å². The Kier molecular flexibility index (Phi) is 5.39. The maximum Gasteiger partial charge on any atom is 0.389 e. The van der Waals surface area contributed by atoms with E-state index in [1.165, 1.54) is 6.20 Å². The number of nitrogens with zero attached hydrogens (tertiary/aromatic N) is 3. The molecule has 2 N–H and O–H groups in total. The molecule has 0 spiro atoms. The molecule has 9 heteroatoms. The fourth-order valence-electron chi connectivity index (χ4n) is 1.47. The van der Waals surface area contributed by atoms with Crippen LogP contribution in [-0.4, -0.2) is 37.7 Å². The Morgan fingerprint density at radius 1 is 1.65 bits per heavy atom. The van der Waals surface area contributed by atoms with Crippen molar-refractivity contribution in [3.8, 4) is 0 Å². The number of nitro groups is 1. The molecule has 1 aromatic heterocycles. The molecule has 0 saturated heterocycles. The molecule has 1 aromatic rings. The van der Waals surface area contributed by atoms with Gasteiger partial charge in [-0.15, -0.1) is 6.58 Å². The first-order valence-electron chi connectivity index (χ1n) is 5.75. The van der Waals surface area contributed by atoms with Gasteiger partial charge >= 0.3 is 11.8 Å². The lowest BCUT2D eigenvalue weighted by molar-refractivity contribution is -0.389. The van der Waals surface area contributed by atoms with Crippen molar-refractivity contribution >= 4 is 17.7 Å². The van der Waals surface area contributed by atoms with E-state index in [9.17, 15) is 19.7 Å². The molecule has 9 nitrogen and oxygen atoms in total. The number of aliphatic carboxylic acids is 1. The maximum atomic E-state index is 11.6. The first kappa shape index (κ1) is 15.3. The number of carboxylic acid groups (broad SMARTS) is 1. The number of rotatable bonds is 8. The van der Waals surface area contributed by atoms with E-state index in [-0.39, 0.29) is 18.8 Å². The van der Waals surface area contributed by atoms with Crippen LogP contribution in [0.4, 0.5) is 5.82 Å². The Bertz CT molecular complexity index is 525. The summed E-state index contributed by atoms with van der Waals surface area (Å²) in [4.78, 5) is 32.3. The van der Waals surface area contributed by atoms with Crippen LogP contribution in [0.25, 0.3) is 0 Å². The van der Waals surface area contributed by atoms with Crippen LogP contribution in [-0.2, 0) is 16.1 Å². The average molecular weight is 282 g/mol. The van der Waals surface area contributed by atoms with Crippen molar-refractivity contribution in [3.05, 3.63) is 35.0 Å². The van der Waals surface area contributed by atoms with Gasteiger partial charge in [0, 0.05) is 0 Å². The predicted octanol–water partition coefficient (Wildman–Crippen LogP) is 0.327. The number of hydrogen-bond acceptors (Lipinski definition) is 5. The molecule has 0 fully saturated rings. The minimum absolute atomic E-state index is 0.226. The number of allylic oxidation sites excluding steroid dienone is 1. The smallest absolute Gasteiger partial charge is 0.389 e. The molecule has 1 unspecified atom stereocenters. The van der Waals surface area contributed by atoms with E-state index >= 15 is 0 Å². The standard InChI is InChI=1S/C11H14N4O5/c1-2-3-4-8(11(17)18)12-10(16)7-14-6-5-9(13-14)15(19)20/h2,5-6,8H,1,3-4,7H2,(H,12,16)(H,17,18). The van der Waals surface area contributed by atoms with E-state index in [0.717, 1.165) is 10.7 Å². The fourth-order valence-corrected chi connectivity index (χ4v) is 1.47. The molecule has 1 amide bonds. The minimum Gasteiger partial charge on any atom is -0.480 e. The quantitative estimate of drug-likeness (QED) is 0.401. The van der Waals surface area contributed by atoms with E-state index in [0.29, 0.717) is 6.42 Å². The van der Waals surface area contributed by atoms with Gasteiger partial charge in [0.25, 0.3) is 0 Å². The summed E-state index contributed by atoms with van der Waals surface area (Å²) in [5.41, 5.74) is 0. The minimum atomic E-state index is -1.15. The van der Waals surface area contributed by atoms with E-state index < -0.39 is 22.8 Å². The van der Waals surface area contributed by atoms with Gasteiger partial charge in [0.2, 0.25) is 5.91 Å². The largest absolute Gasteiger partial charge is 0.480 e. The summed E-state index contributed by atoms with van der Waals surface area (Å²) in [6.07, 6.45) is 3.50. The molecule has 0 aromatic carbocycles. The van der Waals surface area contributed by atoms with Crippen LogP contribution in [0.3, 0.4) is 0 Å². The third kappa shape index (κ3) is 4.52. The van der Waals surface area contributed by atoms with Gasteiger partial charge < -0.3 is 20.5 Å². The maximum absolute atomic E-state index is 11.6. The van der Waals surface area contributed by atoms with Crippen LogP contribution < -0.4 is 5.32 Å². The molecule has 0 radical (unpaired) electrons. The number of aromatic nitrogens is 2. The first-order valence-corrected chi connectivity index (χ1v) is 5.75. The van der Waals surface area contributed by atoms with Crippen molar-refractivity contribution in [2.45, 2.75) is 25.4 Å². The summed E-state index contributed by atoms with van der Waals surface area (Å²) in [5, 5.41) is 25.2. The number of carbonyl (C=O) groups is 2. The van der Waals surface area contributed by atoms with Gasteiger partial charge in [-0.25, -0.2) is 4.79 Å². The SMILES string of the molecule is C=CCCC(NC(=O)Cn1ccc([N+](=O)[O-])n1)C(=O)O. The molecule has 0 aliphatic rings. The molecule has 1 rings (SSSR count). The van der Waals surface area contributed by atoms with Crippen molar-refractivity contribution in [2.75, 3.05) is 0 Å². The summed E-state index contributed by atoms with van der Waals surface area (Å²) < 4.78 is 1.07. The summed E-state index contributed by atoms with van der Waals surface area (Å²) in [6.45, 7) is 3.19. The van der Waals surface area contributed by atoms with Crippen LogP contribution in [0.15, 0.2) is 24.9 Å². The highest BCUT2D eigenvalue weighted by Gasteiger charge is 2.20.